The summed E-state index contributed by atoms with van der Waals surface area (Å²) >= 11 is 12.0. The zero-order chi connectivity index (χ0) is 56.2. The van der Waals surface area contributed by atoms with Crippen LogP contribution in [0.3, 0.4) is 0 Å². The van der Waals surface area contributed by atoms with Crippen molar-refractivity contribution in [3.63, 3.8) is 0 Å². The SMILES string of the molecule is NCCCNCCCCNCCC(N[C@@H](CCC(=O)N[C@@H](CS)C(=O)NCC(=O)O)C(=O)O)N(N[C@@H](CCC(=O)N[C@@H](CS)C(=O)NCC(=O)O)C(=O)O)N[C@@H](CCC(=O)N[C@@H](CS)C(=O)NCC(=O)O)C(=O)O. The molecule has 0 saturated carbocycles. The second-order valence-corrected chi connectivity index (χ2v) is 17.1. The van der Waals surface area contributed by atoms with Gasteiger partial charge in [0.2, 0.25) is 35.4 Å². The van der Waals surface area contributed by atoms with Crippen LogP contribution in [-0.2, 0) is 57.5 Å². The smallest absolute Gasteiger partial charge is 0.322 e. The number of amides is 6. The quantitative estimate of drug-likeness (QED) is 0.0117. The molecule has 0 fully saturated rings. The van der Waals surface area contributed by atoms with Crippen molar-refractivity contribution in [1.29, 1.82) is 0 Å². The zero-order valence-corrected chi connectivity index (χ0v) is 43.0. The largest absolute Gasteiger partial charge is 0.480 e. The molecule has 0 aromatic heterocycles. The third-order valence-corrected chi connectivity index (χ3v) is 11.1. The highest BCUT2D eigenvalue weighted by molar-refractivity contribution is 7.80. The number of aliphatic carboxylic acids is 6. The molecule has 0 spiro atoms. The predicted molar refractivity (Wildman–Crippen MR) is 270 cm³/mol. The molecular weight excluding hydrogens is 1050 g/mol. The Morgan fingerprint density at radius 2 is 0.757 bits per heavy atom. The van der Waals surface area contributed by atoms with Crippen LogP contribution in [0.1, 0.15) is 64.2 Å². The van der Waals surface area contributed by atoms with E-state index < -0.39 is 172 Å². The van der Waals surface area contributed by atoms with Gasteiger partial charge in [0.15, 0.2) is 0 Å². The van der Waals surface area contributed by atoms with Gasteiger partial charge in [0.1, 0.15) is 55.9 Å². The molecular formula is C40H71N13O18S3. The number of carboxylic acids is 6. The van der Waals surface area contributed by atoms with E-state index in [0.29, 0.717) is 32.6 Å². The summed E-state index contributed by atoms with van der Waals surface area (Å²) in [6.07, 6.45) is -2.98. The van der Waals surface area contributed by atoms with Crippen molar-refractivity contribution in [2.45, 2.75) is 107 Å². The minimum Gasteiger partial charge on any atom is -0.480 e. The summed E-state index contributed by atoms with van der Waals surface area (Å²) in [5.74, 6) is -15.2. The molecule has 19 N–H and O–H groups in total. The molecule has 0 aliphatic heterocycles. The van der Waals surface area contributed by atoms with Crippen molar-refractivity contribution >= 4 is 109 Å². The fraction of sp³-hybridized carbons (Fsp3) is 0.700. The minimum atomic E-state index is -1.81. The Hall–Kier alpha value is -5.59. The molecule has 6 amide bonds. The van der Waals surface area contributed by atoms with Crippen molar-refractivity contribution in [3.8, 4) is 0 Å². The van der Waals surface area contributed by atoms with E-state index in [2.05, 4.69) is 96.6 Å². The van der Waals surface area contributed by atoms with E-state index in [9.17, 15) is 72.9 Å². The first-order chi connectivity index (χ1) is 35.0. The Morgan fingerprint density at radius 1 is 0.432 bits per heavy atom. The van der Waals surface area contributed by atoms with Crippen LogP contribution >= 0.6 is 37.9 Å². The molecule has 0 bridgehead atoms. The lowest BCUT2D eigenvalue weighted by Crippen LogP contribution is -2.67. The van der Waals surface area contributed by atoms with Gasteiger partial charge in [0, 0.05) is 36.5 Å². The number of carbonyl (C=O) groups is 12. The van der Waals surface area contributed by atoms with E-state index in [1.54, 1.807) is 0 Å². The van der Waals surface area contributed by atoms with Crippen molar-refractivity contribution in [2.75, 3.05) is 69.6 Å². The Kier molecular flexibility index (Phi) is 36.8. The van der Waals surface area contributed by atoms with Gasteiger partial charge < -0.3 is 78.9 Å². The van der Waals surface area contributed by atoms with E-state index >= 15 is 0 Å². The average Bonchev–Trinajstić information content (AvgIpc) is 3.34. The average molecular weight is 1120 g/mol. The van der Waals surface area contributed by atoms with Crippen LogP contribution < -0.4 is 64.4 Å². The Labute approximate surface area is 441 Å². The second-order valence-electron chi connectivity index (χ2n) is 16.0. The van der Waals surface area contributed by atoms with E-state index in [-0.39, 0.29) is 30.2 Å². The van der Waals surface area contributed by atoms with Crippen LogP contribution in [0.4, 0.5) is 0 Å². The van der Waals surface area contributed by atoms with Crippen molar-refractivity contribution in [3.05, 3.63) is 0 Å². The summed E-state index contributed by atoms with van der Waals surface area (Å²) < 4.78 is 0. The maximum atomic E-state index is 13.0. The van der Waals surface area contributed by atoms with Gasteiger partial charge in [-0.3, -0.25) is 62.9 Å². The minimum absolute atomic E-state index is 0.0461. The number of nitrogens with zero attached hydrogens (tertiary/aromatic N) is 1. The highest BCUT2D eigenvalue weighted by atomic mass is 32.1. The van der Waals surface area contributed by atoms with Crippen molar-refractivity contribution in [1.82, 2.24) is 63.8 Å². The molecule has 1 unspecified atom stereocenters. The molecule has 0 saturated heterocycles. The van der Waals surface area contributed by atoms with E-state index in [0.717, 1.165) is 18.0 Å². The standard InChI is InChI=1S/C40H71N13O18S3/c41-11-3-14-42-12-1-2-13-43-15-10-28(47-22(38(66)67)4-7-29(54)48-25(19-72)35(63)44-16-32(57)58)53(51-23(39(68)69)5-8-30(55)49-26(20-73)36(64)45-17-33(59)60)52-24(40(70)71)6-9-31(56)50-27(21-74)37(65)46-18-34(61)62/h22-28,42-43,47,51-52,72-74H,1-21,41H2,(H,44,63)(H,45,64)(H,46,65)(H,48,54)(H,49,55)(H,50,56)(H,57,58)(H,59,60)(H,61,62)(H,66,67)(H,68,69)(H,70,71)/t22-,23-,24-,25-,26-,27-,28?/m0/s1. The van der Waals surface area contributed by atoms with E-state index in [1.165, 1.54) is 0 Å². The fourth-order valence-corrected chi connectivity index (χ4v) is 6.89. The van der Waals surface area contributed by atoms with Crippen molar-refractivity contribution < 1.29 is 88.2 Å². The molecule has 0 heterocycles. The second kappa shape index (κ2) is 39.8. The maximum absolute atomic E-state index is 13.0. The zero-order valence-electron chi connectivity index (χ0n) is 40.3. The number of hydrogen-bond acceptors (Lipinski definition) is 22. The highest BCUT2D eigenvalue weighted by Gasteiger charge is 2.34. The van der Waals surface area contributed by atoms with Crippen LogP contribution in [0, 0.1) is 0 Å². The number of nitrogens with two attached hydrogens (primary N) is 1. The maximum Gasteiger partial charge on any atom is 0.322 e. The van der Waals surface area contributed by atoms with Crippen LogP contribution in [0.2, 0.25) is 0 Å². The molecule has 0 aromatic carbocycles. The summed E-state index contributed by atoms with van der Waals surface area (Å²) in [6, 6.07) is -9.35. The number of hydrazine groups is 2. The summed E-state index contributed by atoms with van der Waals surface area (Å²) in [5, 5.41) is 81.1. The number of thiol groups is 3. The van der Waals surface area contributed by atoms with Gasteiger partial charge in [-0.1, -0.05) is 0 Å². The van der Waals surface area contributed by atoms with Gasteiger partial charge in [-0.15, -0.1) is 0 Å². The summed E-state index contributed by atoms with van der Waals surface area (Å²) in [6.45, 7) is 0.0340. The van der Waals surface area contributed by atoms with Crippen molar-refractivity contribution in [2.24, 2.45) is 5.73 Å². The third kappa shape index (κ3) is 31.9. The third-order valence-electron chi connectivity index (χ3n) is 10.0. The van der Waals surface area contributed by atoms with Gasteiger partial charge in [-0.2, -0.15) is 43.0 Å². The lowest BCUT2D eigenvalue weighted by Gasteiger charge is -2.38. The monoisotopic (exact) mass is 1120 g/mol. The molecule has 7 atom stereocenters. The number of unbranched alkanes of at least 4 members (excludes halogenated alkanes) is 1. The topological polar surface area (TPSA) is 488 Å². The highest BCUT2D eigenvalue weighted by Crippen LogP contribution is 2.10. The van der Waals surface area contributed by atoms with Crippen LogP contribution in [0.5, 0.6) is 0 Å². The molecule has 74 heavy (non-hydrogen) atoms. The predicted octanol–water partition coefficient (Wildman–Crippen LogP) is -6.54. The fourth-order valence-electron chi connectivity index (χ4n) is 6.12. The molecule has 34 heteroatoms. The molecule has 0 aromatic rings. The van der Waals surface area contributed by atoms with E-state index in [4.69, 9.17) is 21.1 Å². The van der Waals surface area contributed by atoms with Crippen LogP contribution in [0.25, 0.3) is 0 Å². The Bertz CT molecular complexity index is 1790. The van der Waals surface area contributed by atoms with Gasteiger partial charge >= 0.3 is 35.8 Å². The molecule has 0 aliphatic rings. The number of hydrogen-bond donors (Lipinski definition) is 21. The number of carboxylic acid groups (broad SMARTS) is 6. The summed E-state index contributed by atoms with van der Waals surface area (Å²) in [4.78, 5) is 148. The lowest BCUT2D eigenvalue weighted by atomic mass is 10.1. The first kappa shape index (κ1) is 68.4. The Morgan fingerprint density at radius 3 is 1.07 bits per heavy atom. The van der Waals surface area contributed by atoms with Gasteiger partial charge in [-0.25, -0.2) is 10.9 Å². The first-order valence-corrected chi connectivity index (χ1v) is 25.0. The summed E-state index contributed by atoms with van der Waals surface area (Å²) in [5.41, 5.74) is 10.7. The summed E-state index contributed by atoms with van der Waals surface area (Å²) in [7, 11) is 0. The van der Waals surface area contributed by atoms with Crippen LogP contribution in [-0.4, -0.2) is 219 Å². The molecule has 0 radical (unpaired) electrons. The van der Waals surface area contributed by atoms with Crippen LogP contribution in [0.15, 0.2) is 0 Å². The number of nitrogens with one attached hydrogen (secondary N) is 11. The molecule has 0 aliphatic carbocycles. The Balaban J connectivity index is 7.02. The lowest BCUT2D eigenvalue weighted by molar-refractivity contribution is -0.149. The molecule has 0 rings (SSSR count). The number of carbonyl (C=O) groups excluding carboxylic acids is 6. The normalized spacial score (nSPS) is 13.9. The number of rotatable bonds is 45. The van der Waals surface area contributed by atoms with E-state index in [1.807, 2.05) is 0 Å². The van der Waals surface area contributed by atoms with Gasteiger partial charge in [-0.05, 0) is 77.7 Å². The van der Waals surface area contributed by atoms with Gasteiger partial charge in [0.25, 0.3) is 0 Å². The molecule has 31 nitrogen and oxygen atoms in total. The first-order valence-electron chi connectivity index (χ1n) is 23.1. The molecule has 422 valence electrons. The van der Waals surface area contributed by atoms with Gasteiger partial charge in [0.05, 0.1) is 6.17 Å².